The summed E-state index contributed by atoms with van der Waals surface area (Å²) in [5, 5.41) is 11.7. The van der Waals surface area contributed by atoms with Gasteiger partial charge in [0.05, 0.1) is 7.11 Å². The van der Waals surface area contributed by atoms with Gasteiger partial charge in [0.25, 0.3) is 0 Å². The van der Waals surface area contributed by atoms with Crippen LogP contribution < -0.4 is 10.1 Å². The van der Waals surface area contributed by atoms with Crippen molar-refractivity contribution in [2.24, 2.45) is 5.92 Å². The van der Waals surface area contributed by atoms with Gasteiger partial charge in [0.2, 0.25) is 5.91 Å². The Bertz CT molecular complexity index is 458. The van der Waals surface area contributed by atoms with Crippen molar-refractivity contribution < 1.29 is 19.4 Å². The van der Waals surface area contributed by atoms with Crippen LogP contribution in [0.15, 0.2) is 24.3 Å². The maximum atomic E-state index is 11.5. The second-order valence-electron chi connectivity index (χ2n) is 3.91. The van der Waals surface area contributed by atoms with Crippen LogP contribution in [0.1, 0.15) is 11.5 Å². The normalized spacial score (nSPS) is 23.2. The average molecular weight is 235 g/mol. The number of methoxy groups -OCH3 is 1. The molecule has 5 heteroatoms. The van der Waals surface area contributed by atoms with Crippen LogP contribution in [-0.2, 0) is 9.59 Å². The lowest BCUT2D eigenvalue weighted by atomic mass is 9.88. The lowest BCUT2D eigenvalue weighted by Crippen LogP contribution is -2.26. The van der Waals surface area contributed by atoms with Gasteiger partial charge < -0.3 is 15.2 Å². The molecule has 2 rings (SSSR count). The number of aliphatic carboxylic acids is 1. The Morgan fingerprint density at radius 3 is 2.82 bits per heavy atom. The van der Waals surface area contributed by atoms with E-state index >= 15 is 0 Å². The summed E-state index contributed by atoms with van der Waals surface area (Å²) in [6.45, 7) is 0.330. The summed E-state index contributed by atoms with van der Waals surface area (Å²) in [7, 11) is 1.53. The van der Waals surface area contributed by atoms with E-state index in [0.29, 0.717) is 12.3 Å². The van der Waals surface area contributed by atoms with Crippen molar-refractivity contribution in [3.05, 3.63) is 29.8 Å². The number of hydrogen-bond donors (Lipinski definition) is 2. The second-order valence-corrected chi connectivity index (χ2v) is 3.91. The molecule has 1 aromatic carbocycles. The first-order valence-electron chi connectivity index (χ1n) is 5.28. The van der Waals surface area contributed by atoms with Crippen molar-refractivity contribution >= 4 is 11.9 Å². The number of rotatable bonds is 3. The number of para-hydroxylation sites is 1. The molecule has 1 fully saturated rings. The van der Waals surface area contributed by atoms with Crippen LogP contribution in [0.4, 0.5) is 0 Å². The number of benzene rings is 1. The standard InChI is InChI=1S/C12H13NO4/c1-17-9-5-3-2-4-7(9)8-6-13-11(14)10(8)12(15)16/h2-5,8,10H,6H2,1H3,(H,13,14)(H,15,16)/t8-,10-/m0/s1. The minimum absolute atomic E-state index is 0.330. The fourth-order valence-corrected chi connectivity index (χ4v) is 2.17. The van der Waals surface area contributed by atoms with Crippen molar-refractivity contribution in [2.75, 3.05) is 13.7 Å². The zero-order valence-corrected chi connectivity index (χ0v) is 9.34. The first-order valence-corrected chi connectivity index (χ1v) is 5.28. The first-order chi connectivity index (χ1) is 8.15. The van der Waals surface area contributed by atoms with E-state index in [4.69, 9.17) is 9.84 Å². The number of hydrogen-bond acceptors (Lipinski definition) is 3. The van der Waals surface area contributed by atoms with Gasteiger partial charge in [-0.25, -0.2) is 0 Å². The molecule has 2 atom stereocenters. The van der Waals surface area contributed by atoms with Crippen molar-refractivity contribution in [2.45, 2.75) is 5.92 Å². The molecule has 1 amide bonds. The molecule has 0 aliphatic carbocycles. The lowest BCUT2D eigenvalue weighted by molar-refractivity contribution is -0.145. The van der Waals surface area contributed by atoms with Crippen LogP contribution in [0.2, 0.25) is 0 Å². The molecule has 0 unspecified atom stereocenters. The number of carbonyl (C=O) groups is 2. The maximum absolute atomic E-state index is 11.5. The van der Waals surface area contributed by atoms with Gasteiger partial charge in [-0.1, -0.05) is 18.2 Å². The largest absolute Gasteiger partial charge is 0.496 e. The van der Waals surface area contributed by atoms with E-state index < -0.39 is 17.8 Å². The third kappa shape index (κ3) is 1.95. The lowest BCUT2D eigenvalue weighted by Gasteiger charge is -2.16. The van der Waals surface area contributed by atoms with Crippen molar-refractivity contribution in [3.63, 3.8) is 0 Å². The Morgan fingerprint density at radius 2 is 2.18 bits per heavy atom. The Labute approximate surface area is 98.4 Å². The molecule has 0 bridgehead atoms. The molecular formula is C12H13NO4. The van der Waals surface area contributed by atoms with Gasteiger partial charge >= 0.3 is 5.97 Å². The quantitative estimate of drug-likeness (QED) is 0.753. The SMILES string of the molecule is COc1ccccc1[C@@H]1CNC(=O)[C@H]1C(=O)O. The van der Waals surface area contributed by atoms with Gasteiger partial charge in [0.1, 0.15) is 11.7 Å². The highest BCUT2D eigenvalue weighted by atomic mass is 16.5. The van der Waals surface area contributed by atoms with E-state index in [1.54, 1.807) is 18.2 Å². The summed E-state index contributed by atoms with van der Waals surface area (Å²) in [6, 6.07) is 7.17. The third-order valence-corrected chi connectivity index (χ3v) is 2.99. The zero-order chi connectivity index (χ0) is 12.4. The highest BCUT2D eigenvalue weighted by Gasteiger charge is 2.42. The monoisotopic (exact) mass is 235 g/mol. The molecule has 0 saturated carbocycles. The molecule has 0 spiro atoms. The minimum Gasteiger partial charge on any atom is -0.496 e. The van der Waals surface area contributed by atoms with Gasteiger partial charge in [-0.3, -0.25) is 9.59 Å². The molecule has 1 heterocycles. The molecule has 1 aromatic rings. The number of carboxylic acids is 1. The van der Waals surface area contributed by atoms with E-state index in [-0.39, 0.29) is 5.92 Å². The van der Waals surface area contributed by atoms with Gasteiger partial charge in [-0.2, -0.15) is 0 Å². The minimum atomic E-state index is -1.10. The van der Waals surface area contributed by atoms with Gasteiger partial charge in [0.15, 0.2) is 0 Å². The van der Waals surface area contributed by atoms with Crippen molar-refractivity contribution in [1.29, 1.82) is 0 Å². The summed E-state index contributed by atoms with van der Waals surface area (Å²) in [4.78, 5) is 22.6. The van der Waals surface area contributed by atoms with Crippen LogP contribution in [-0.4, -0.2) is 30.6 Å². The summed E-state index contributed by atoms with van der Waals surface area (Å²) in [6.07, 6.45) is 0. The second kappa shape index (κ2) is 4.45. The van der Waals surface area contributed by atoms with E-state index in [9.17, 15) is 9.59 Å². The molecule has 2 N–H and O–H groups in total. The Hall–Kier alpha value is -2.04. The summed E-state index contributed by atoms with van der Waals surface area (Å²) < 4.78 is 5.19. The summed E-state index contributed by atoms with van der Waals surface area (Å²) in [5.41, 5.74) is 0.751. The number of nitrogens with one attached hydrogen (secondary N) is 1. The van der Waals surface area contributed by atoms with Crippen LogP contribution >= 0.6 is 0 Å². The average Bonchev–Trinajstić information content (AvgIpc) is 2.71. The van der Waals surface area contributed by atoms with Crippen LogP contribution in [0.5, 0.6) is 5.75 Å². The molecule has 1 aliphatic heterocycles. The number of ether oxygens (including phenoxy) is 1. The van der Waals surface area contributed by atoms with Crippen LogP contribution in [0.25, 0.3) is 0 Å². The van der Waals surface area contributed by atoms with Gasteiger partial charge in [-0.15, -0.1) is 0 Å². The fraction of sp³-hybridized carbons (Fsp3) is 0.333. The number of carboxylic acid groups (broad SMARTS) is 1. The Balaban J connectivity index is 2.39. The Morgan fingerprint density at radius 1 is 1.47 bits per heavy atom. The van der Waals surface area contributed by atoms with Gasteiger partial charge in [0, 0.05) is 18.0 Å². The van der Waals surface area contributed by atoms with E-state index in [1.807, 2.05) is 6.07 Å². The highest BCUT2D eigenvalue weighted by Crippen LogP contribution is 2.34. The molecule has 1 aliphatic rings. The Kier molecular flexibility index (Phi) is 2.99. The van der Waals surface area contributed by atoms with E-state index in [1.165, 1.54) is 7.11 Å². The van der Waals surface area contributed by atoms with E-state index in [2.05, 4.69) is 5.32 Å². The van der Waals surface area contributed by atoms with Gasteiger partial charge in [-0.05, 0) is 6.07 Å². The predicted molar refractivity (Wildman–Crippen MR) is 59.9 cm³/mol. The molecule has 5 nitrogen and oxygen atoms in total. The molecule has 90 valence electrons. The summed E-state index contributed by atoms with van der Waals surface area (Å²) >= 11 is 0. The highest BCUT2D eigenvalue weighted by molar-refractivity contribution is 6.00. The number of carbonyl (C=O) groups excluding carboxylic acids is 1. The number of amides is 1. The third-order valence-electron chi connectivity index (χ3n) is 2.99. The predicted octanol–water partition coefficient (Wildman–Crippen LogP) is 0.609. The van der Waals surface area contributed by atoms with Crippen molar-refractivity contribution in [1.82, 2.24) is 5.32 Å². The smallest absolute Gasteiger partial charge is 0.316 e. The zero-order valence-electron chi connectivity index (χ0n) is 9.34. The first kappa shape index (κ1) is 11.4. The summed E-state index contributed by atoms with van der Waals surface area (Å²) in [5.74, 6) is -2.34. The molecule has 1 saturated heterocycles. The maximum Gasteiger partial charge on any atom is 0.316 e. The van der Waals surface area contributed by atoms with Crippen LogP contribution in [0.3, 0.4) is 0 Å². The molecular weight excluding hydrogens is 222 g/mol. The fourth-order valence-electron chi connectivity index (χ4n) is 2.17. The van der Waals surface area contributed by atoms with E-state index in [0.717, 1.165) is 5.56 Å². The topological polar surface area (TPSA) is 75.6 Å². The van der Waals surface area contributed by atoms with Crippen LogP contribution in [0, 0.1) is 5.92 Å². The molecule has 17 heavy (non-hydrogen) atoms. The van der Waals surface area contributed by atoms with Crippen molar-refractivity contribution in [3.8, 4) is 5.75 Å². The molecule has 0 radical (unpaired) electrons. The molecule has 0 aromatic heterocycles.